The minimum atomic E-state index is -0.304. The number of halogens is 1. The van der Waals surface area contributed by atoms with Crippen LogP contribution in [0, 0.1) is 0 Å². The Morgan fingerprint density at radius 3 is 2.90 bits per heavy atom. The number of hydrogen-bond acceptors (Lipinski definition) is 5. The Morgan fingerprint density at radius 1 is 1.40 bits per heavy atom. The zero-order valence-electron chi connectivity index (χ0n) is 11.6. The molecular formula is C14H18ClN3O2. The fourth-order valence-corrected chi connectivity index (χ4v) is 1.96. The van der Waals surface area contributed by atoms with Crippen LogP contribution < -0.4 is 0 Å². The summed E-state index contributed by atoms with van der Waals surface area (Å²) in [6.07, 6.45) is 0.411. The van der Waals surface area contributed by atoms with E-state index in [1.807, 2.05) is 24.1 Å². The van der Waals surface area contributed by atoms with Crippen molar-refractivity contribution < 1.29 is 9.52 Å². The molecule has 6 heteroatoms. The Balaban J connectivity index is 1.99. The fraction of sp³-hybridized carbons (Fsp3) is 0.429. The molecule has 0 aliphatic carbocycles. The lowest BCUT2D eigenvalue weighted by molar-refractivity contribution is 0.159. The summed E-state index contributed by atoms with van der Waals surface area (Å²) >= 11 is 5.93. The highest BCUT2D eigenvalue weighted by atomic mass is 35.5. The Morgan fingerprint density at radius 2 is 2.20 bits per heavy atom. The van der Waals surface area contributed by atoms with Gasteiger partial charge in [0, 0.05) is 17.1 Å². The molecule has 0 radical (unpaired) electrons. The molecule has 0 saturated carbocycles. The van der Waals surface area contributed by atoms with E-state index in [9.17, 15) is 5.11 Å². The second-order valence-electron chi connectivity index (χ2n) is 4.89. The van der Waals surface area contributed by atoms with Gasteiger partial charge in [-0.15, -0.1) is 10.2 Å². The maximum Gasteiger partial charge on any atom is 0.247 e. The first-order chi connectivity index (χ1) is 9.54. The number of aromatic nitrogens is 2. The van der Waals surface area contributed by atoms with E-state index in [0.717, 1.165) is 12.1 Å². The number of nitrogens with zero attached hydrogens (tertiary/aromatic N) is 3. The molecule has 5 nitrogen and oxygen atoms in total. The lowest BCUT2D eigenvalue weighted by atomic mass is 10.2. The minimum Gasteiger partial charge on any atom is -0.419 e. The van der Waals surface area contributed by atoms with Crippen LogP contribution in [0.3, 0.4) is 0 Å². The van der Waals surface area contributed by atoms with E-state index in [-0.39, 0.29) is 6.10 Å². The van der Waals surface area contributed by atoms with Gasteiger partial charge in [0.1, 0.15) is 0 Å². The Hall–Kier alpha value is -1.43. The zero-order chi connectivity index (χ0) is 14.5. The molecule has 0 fully saturated rings. The minimum absolute atomic E-state index is 0.304. The highest BCUT2D eigenvalue weighted by Gasteiger charge is 2.11. The van der Waals surface area contributed by atoms with Gasteiger partial charge < -0.3 is 9.52 Å². The monoisotopic (exact) mass is 295 g/mol. The SMILES string of the molecule is CC(O)CCN(C)Cc1nnc(-c2cccc(Cl)c2)o1. The molecule has 2 aromatic rings. The van der Waals surface area contributed by atoms with E-state index in [1.54, 1.807) is 19.1 Å². The van der Waals surface area contributed by atoms with Gasteiger partial charge in [0.2, 0.25) is 11.8 Å². The summed E-state index contributed by atoms with van der Waals surface area (Å²) in [5, 5.41) is 17.9. The molecule has 0 bridgehead atoms. The van der Waals surface area contributed by atoms with Crippen molar-refractivity contribution in [3.63, 3.8) is 0 Å². The molecule has 1 aromatic heterocycles. The van der Waals surface area contributed by atoms with Crippen LogP contribution >= 0.6 is 11.6 Å². The lowest BCUT2D eigenvalue weighted by Crippen LogP contribution is -2.22. The first-order valence-electron chi connectivity index (χ1n) is 6.49. The van der Waals surface area contributed by atoms with E-state index in [0.29, 0.717) is 29.8 Å². The second-order valence-corrected chi connectivity index (χ2v) is 5.32. The van der Waals surface area contributed by atoms with Crippen LogP contribution in [-0.2, 0) is 6.54 Å². The number of benzene rings is 1. The number of aliphatic hydroxyl groups is 1. The topological polar surface area (TPSA) is 62.4 Å². The van der Waals surface area contributed by atoms with Gasteiger partial charge in [0.25, 0.3) is 0 Å². The van der Waals surface area contributed by atoms with Crippen LogP contribution in [0.4, 0.5) is 0 Å². The number of aliphatic hydroxyl groups excluding tert-OH is 1. The molecule has 1 unspecified atom stereocenters. The van der Waals surface area contributed by atoms with Crippen LogP contribution in [0.2, 0.25) is 5.02 Å². The van der Waals surface area contributed by atoms with Crippen molar-refractivity contribution >= 4 is 11.6 Å². The lowest BCUT2D eigenvalue weighted by Gasteiger charge is -2.14. The predicted octanol–water partition coefficient (Wildman–Crippen LogP) is 2.59. The molecule has 108 valence electrons. The van der Waals surface area contributed by atoms with Gasteiger partial charge in [-0.2, -0.15) is 0 Å². The Bertz CT molecular complexity index is 557. The maximum atomic E-state index is 9.26. The van der Waals surface area contributed by atoms with Crippen molar-refractivity contribution in [3.8, 4) is 11.5 Å². The first kappa shape index (κ1) is 15.0. The van der Waals surface area contributed by atoms with Crippen molar-refractivity contribution in [1.82, 2.24) is 15.1 Å². The molecule has 0 saturated heterocycles. The molecule has 20 heavy (non-hydrogen) atoms. The summed E-state index contributed by atoms with van der Waals surface area (Å²) in [5.41, 5.74) is 0.808. The van der Waals surface area contributed by atoms with Gasteiger partial charge in [0.05, 0.1) is 12.6 Å². The first-order valence-corrected chi connectivity index (χ1v) is 6.87. The molecule has 1 aromatic carbocycles. The quantitative estimate of drug-likeness (QED) is 0.887. The van der Waals surface area contributed by atoms with Crippen LogP contribution in [-0.4, -0.2) is 39.9 Å². The van der Waals surface area contributed by atoms with Gasteiger partial charge in [-0.25, -0.2) is 0 Å². The summed E-state index contributed by atoms with van der Waals surface area (Å²) in [6, 6.07) is 7.30. The van der Waals surface area contributed by atoms with Crippen LogP contribution in [0.5, 0.6) is 0 Å². The van der Waals surface area contributed by atoms with E-state index >= 15 is 0 Å². The molecule has 0 aliphatic heterocycles. The number of hydrogen-bond donors (Lipinski definition) is 1. The van der Waals surface area contributed by atoms with E-state index in [2.05, 4.69) is 10.2 Å². The summed E-state index contributed by atoms with van der Waals surface area (Å²) in [7, 11) is 1.95. The van der Waals surface area contributed by atoms with Crippen molar-refractivity contribution in [3.05, 3.63) is 35.2 Å². The molecule has 0 spiro atoms. The molecule has 1 heterocycles. The van der Waals surface area contributed by atoms with E-state index in [4.69, 9.17) is 16.0 Å². The summed E-state index contributed by atoms with van der Waals surface area (Å²) in [4.78, 5) is 2.03. The van der Waals surface area contributed by atoms with Gasteiger partial charge in [-0.3, -0.25) is 4.90 Å². The third kappa shape index (κ3) is 4.30. The van der Waals surface area contributed by atoms with Crippen molar-refractivity contribution in [2.24, 2.45) is 0 Å². The number of rotatable bonds is 6. The zero-order valence-corrected chi connectivity index (χ0v) is 12.3. The average molecular weight is 296 g/mol. The average Bonchev–Trinajstić information content (AvgIpc) is 2.85. The third-order valence-corrected chi connectivity index (χ3v) is 3.11. The van der Waals surface area contributed by atoms with Crippen LogP contribution in [0.1, 0.15) is 19.2 Å². The molecule has 0 amide bonds. The molecule has 2 rings (SSSR count). The van der Waals surface area contributed by atoms with Crippen LogP contribution in [0.25, 0.3) is 11.5 Å². The fourth-order valence-electron chi connectivity index (χ4n) is 1.77. The molecule has 0 aliphatic rings. The van der Waals surface area contributed by atoms with Crippen LogP contribution in [0.15, 0.2) is 28.7 Å². The van der Waals surface area contributed by atoms with Crippen molar-refractivity contribution in [1.29, 1.82) is 0 Å². The van der Waals surface area contributed by atoms with Gasteiger partial charge >= 0.3 is 0 Å². The van der Waals surface area contributed by atoms with E-state index in [1.165, 1.54) is 0 Å². The van der Waals surface area contributed by atoms with Gasteiger partial charge in [-0.1, -0.05) is 17.7 Å². The van der Waals surface area contributed by atoms with Crippen molar-refractivity contribution in [2.45, 2.75) is 26.0 Å². The highest BCUT2D eigenvalue weighted by Crippen LogP contribution is 2.21. The van der Waals surface area contributed by atoms with Gasteiger partial charge in [0.15, 0.2) is 0 Å². The van der Waals surface area contributed by atoms with E-state index < -0.39 is 0 Å². The Kier molecular flexibility index (Phi) is 5.11. The summed E-state index contributed by atoms with van der Waals surface area (Å²) in [5.74, 6) is 1.01. The summed E-state index contributed by atoms with van der Waals surface area (Å²) in [6.45, 7) is 3.10. The molecule has 1 atom stereocenters. The second kappa shape index (κ2) is 6.83. The molecular weight excluding hydrogens is 278 g/mol. The largest absolute Gasteiger partial charge is 0.419 e. The van der Waals surface area contributed by atoms with Crippen molar-refractivity contribution in [2.75, 3.05) is 13.6 Å². The van der Waals surface area contributed by atoms with Gasteiger partial charge in [-0.05, 0) is 38.6 Å². The smallest absolute Gasteiger partial charge is 0.247 e. The highest BCUT2D eigenvalue weighted by molar-refractivity contribution is 6.30. The summed E-state index contributed by atoms with van der Waals surface area (Å²) < 4.78 is 5.62. The predicted molar refractivity (Wildman–Crippen MR) is 77.4 cm³/mol. The normalized spacial score (nSPS) is 12.8. The Labute approximate surface area is 123 Å². The molecule has 1 N–H and O–H groups in total. The standard InChI is InChI=1S/C14H18ClN3O2/c1-10(19)6-7-18(2)9-13-16-17-14(20-13)11-4-3-5-12(15)8-11/h3-5,8,10,19H,6-7,9H2,1-2H3. The maximum absolute atomic E-state index is 9.26. The third-order valence-electron chi connectivity index (χ3n) is 2.87.